The van der Waals surface area contributed by atoms with E-state index in [4.69, 9.17) is 17.0 Å². The van der Waals surface area contributed by atoms with Gasteiger partial charge in [-0.25, -0.2) is 9.18 Å². The van der Waals surface area contributed by atoms with Crippen LogP contribution in [0.1, 0.15) is 21.5 Å². The first-order chi connectivity index (χ1) is 14.0. The Morgan fingerprint density at radius 3 is 2.55 bits per heavy atom. The van der Waals surface area contributed by atoms with Crippen molar-refractivity contribution in [3.05, 3.63) is 95.3 Å². The number of aryl methyl sites for hydroxylation is 1. The zero-order chi connectivity index (χ0) is 20.6. The minimum Gasteiger partial charge on any atom is -0.423 e. The van der Waals surface area contributed by atoms with Crippen LogP contribution in [0.5, 0.6) is 5.75 Å². The van der Waals surface area contributed by atoms with Crippen molar-refractivity contribution in [1.82, 2.24) is 5.43 Å². The number of benzene rings is 3. The third-order valence-electron chi connectivity index (χ3n) is 3.84. The second kappa shape index (κ2) is 9.57. The molecule has 3 aromatic rings. The van der Waals surface area contributed by atoms with Crippen LogP contribution in [0, 0.1) is 12.7 Å². The first-order valence-corrected chi connectivity index (χ1v) is 9.15. The van der Waals surface area contributed by atoms with Crippen molar-refractivity contribution in [2.45, 2.75) is 6.92 Å². The summed E-state index contributed by atoms with van der Waals surface area (Å²) in [6, 6.07) is 20.1. The summed E-state index contributed by atoms with van der Waals surface area (Å²) in [5.41, 5.74) is 5.38. The highest BCUT2D eigenvalue weighted by Crippen LogP contribution is 2.15. The molecule has 2 N–H and O–H groups in total. The van der Waals surface area contributed by atoms with E-state index in [1.54, 1.807) is 36.5 Å². The number of thiocarbonyl (C=S) groups is 1. The maximum atomic E-state index is 13.6. The summed E-state index contributed by atoms with van der Waals surface area (Å²) in [6.07, 6.45) is 1.58. The van der Waals surface area contributed by atoms with Gasteiger partial charge in [0.25, 0.3) is 0 Å². The SMILES string of the molecule is Cc1cccc(NC(=S)NN=Cc2ccc(OC(=O)c3ccccc3F)cc2)c1. The number of hydrogen-bond donors (Lipinski definition) is 2. The van der Waals surface area contributed by atoms with E-state index in [2.05, 4.69) is 15.8 Å². The quantitative estimate of drug-likeness (QED) is 0.212. The van der Waals surface area contributed by atoms with Gasteiger partial charge in [-0.2, -0.15) is 5.10 Å². The Kier molecular flexibility index (Phi) is 6.65. The van der Waals surface area contributed by atoms with Gasteiger partial charge in [0, 0.05) is 5.69 Å². The first kappa shape index (κ1) is 20.2. The zero-order valence-electron chi connectivity index (χ0n) is 15.6. The van der Waals surface area contributed by atoms with Gasteiger partial charge in [0.2, 0.25) is 0 Å². The van der Waals surface area contributed by atoms with Gasteiger partial charge in [-0.3, -0.25) is 5.43 Å². The molecular formula is C22H18FN3O2S. The van der Waals surface area contributed by atoms with E-state index in [-0.39, 0.29) is 5.56 Å². The second-order valence-corrected chi connectivity index (χ2v) is 6.54. The van der Waals surface area contributed by atoms with Crippen molar-refractivity contribution in [2.24, 2.45) is 5.10 Å². The Bertz CT molecular complexity index is 1050. The van der Waals surface area contributed by atoms with Crippen molar-refractivity contribution < 1.29 is 13.9 Å². The number of nitrogens with zero attached hydrogens (tertiary/aromatic N) is 1. The van der Waals surface area contributed by atoms with Gasteiger partial charge in [-0.05, 0) is 78.8 Å². The number of halogens is 1. The van der Waals surface area contributed by atoms with Crippen LogP contribution in [0.15, 0.2) is 77.9 Å². The smallest absolute Gasteiger partial charge is 0.346 e. The molecule has 0 aromatic heterocycles. The number of esters is 1. The molecule has 0 radical (unpaired) electrons. The number of hydrazone groups is 1. The van der Waals surface area contributed by atoms with E-state index in [9.17, 15) is 9.18 Å². The third-order valence-corrected chi connectivity index (χ3v) is 4.03. The van der Waals surface area contributed by atoms with Crippen LogP contribution in [0.3, 0.4) is 0 Å². The summed E-state index contributed by atoms with van der Waals surface area (Å²) in [5, 5.41) is 7.48. The van der Waals surface area contributed by atoms with Crippen LogP contribution in [-0.2, 0) is 0 Å². The average molecular weight is 407 g/mol. The van der Waals surface area contributed by atoms with Gasteiger partial charge in [-0.1, -0.05) is 24.3 Å². The Hall–Kier alpha value is -3.58. The zero-order valence-corrected chi connectivity index (χ0v) is 16.4. The summed E-state index contributed by atoms with van der Waals surface area (Å²) in [5.74, 6) is -1.07. The molecule has 7 heteroatoms. The molecule has 3 aromatic carbocycles. The number of carbonyl (C=O) groups is 1. The van der Waals surface area contributed by atoms with Gasteiger partial charge in [0.05, 0.1) is 11.8 Å². The standard InChI is InChI=1S/C22H18FN3O2S/c1-15-5-4-6-17(13-15)25-22(29)26-24-14-16-9-11-18(12-10-16)28-21(27)19-7-2-3-8-20(19)23/h2-14H,1H3,(H2,25,26,29). The molecule has 0 aliphatic carbocycles. The fourth-order valence-corrected chi connectivity index (χ4v) is 2.63. The highest BCUT2D eigenvalue weighted by atomic mass is 32.1. The van der Waals surface area contributed by atoms with Crippen molar-refractivity contribution in [1.29, 1.82) is 0 Å². The first-order valence-electron chi connectivity index (χ1n) is 8.75. The normalized spacial score (nSPS) is 10.6. The molecule has 0 heterocycles. The molecule has 0 saturated carbocycles. The molecule has 146 valence electrons. The molecule has 0 atom stereocenters. The molecule has 0 bridgehead atoms. The number of nitrogens with one attached hydrogen (secondary N) is 2. The fourth-order valence-electron chi connectivity index (χ4n) is 2.46. The van der Waals surface area contributed by atoms with Crippen LogP contribution in [-0.4, -0.2) is 17.3 Å². The van der Waals surface area contributed by atoms with Gasteiger partial charge in [0.1, 0.15) is 11.6 Å². The van der Waals surface area contributed by atoms with Crippen LogP contribution in [0.25, 0.3) is 0 Å². The molecule has 0 aliphatic rings. The van der Waals surface area contributed by atoms with Crippen molar-refractivity contribution in [3.63, 3.8) is 0 Å². The lowest BCUT2D eigenvalue weighted by atomic mass is 10.2. The number of hydrogen-bond acceptors (Lipinski definition) is 4. The largest absolute Gasteiger partial charge is 0.423 e. The topological polar surface area (TPSA) is 62.7 Å². The monoisotopic (exact) mass is 407 g/mol. The average Bonchev–Trinajstić information content (AvgIpc) is 2.69. The minimum atomic E-state index is -0.751. The van der Waals surface area contributed by atoms with Crippen molar-refractivity contribution >= 4 is 35.2 Å². The Morgan fingerprint density at radius 2 is 1.83 bits per heavy atom. The van der Waals surface area contributed by atoms with Crippen LogP contribution in [0.4, 0.5) is 10.1 Å². The lowest BCUT2D eigenvalue weighted by Crippen LogP contribution is -2.23. The lowest BCUT2D eigenvalue weighted by Gasteiger charge is -2.07. The second-order valence-electron chi connectivity index (χ2n) is 6.13. The number of anilines is 1. The Morgan fingerprint density at radius 1 is 1.07 bits per heavy atom. The molecule has 0 amide bonds. The number of carbonyl (C=O) groups excluding carboxylic acids is 1. The maximum Gasteiger partial charge on any atom is 0.346 e. The molecular weight excluding hydrogens is 389 g/mol. The molecule has 0 saturated heterocycles. The summed E-state index contributed by atoms with van der Waals surface area (Å²) >= 11 is 5.20. The van der Waals surface area contributed by atoms with E-state index < -0.39 is 11.8 Å². The summed E-state index contributed by atoms with van der Waals surface area (Å²) in [6.45, 7) is 2.00. The molecule has 5 nitrogen and oxygen atoms in total. The van der Waals surface area contributed by atoms with Gasteiger partial charge < -0.3 is 10.1 Å². The van der Waals surface area contributed by atoms with Gasteiger partial charge >= 0.3 is 5.97 Å². The van der Waals surface area contributed by atoms with Crippen molar-refractivity contribution in [3.8, 4) is 5.75 Å². The Labute approximate surface area is 173 Å². The van der Waals surface area contributed by atoms with Crippen LogP contribution < -0.4 is 15.5 Å². The summed E-state index contributed by atoms with van der Waals surface area (Å²) in [7, 11) is 0. The molecule has 0 fully saturated rings. The van der Waals surface area contributed by atoms with E-state index in [0.717, 1.165) is 16.8 Å². The van der Waals surface area contributed by atoms with Crippen LogP contribution >= 0.6 is 12.2 Å². The third kappa shape index (κ3) is 5.95. The van der Waals surface area contributed by atoms with E-state index in [0.29, 0.717) is 10.9 Å². The number of rotatable bonds is 5. The van der Waals surface area contributed by atoms with Gasteiger partial charge in [0.15, 0.2) is 5.11 Å². The predicted molar refractivity (Wildman–Crippen MR) is 116 cm³/mol. The van der Waals surface area contributed by atoms with E-state index >= 15 is 0 Å². The Balaban J connectivity index is 1.53. The summed E-state index contributed by atoms with van der Waals surface area (Å²) in [4.78, 5) is 12.0. The molecule has 0 aliphatic heterocycles. The number of ether oxygens (including phenoxy) is 1. The predicted octanol–water partition coefficient (Wildman–Crippen LogP) is 4.67. The minimum absolute atomic E-state index is 0.114. The molecule has 3 rings (SSSR count). The molecule has 0 unspecified atom stereocenters. The molecule has 0 spiro atoms. The molecule has 29 heavy (non-hydrogen) atoms. The van der Waals surface area contributed by atoms with Gasteiger partial charge in [-0.15, -0.1) is 0 Å². The summed E-state index contributed by atoms with van der Waals surface area (Å²) < 4.78 is 18.8. The highest BCUT2D eigenvalue weighted by molar-refractivity contribution is 7.80. The fraction of sp³-hybridized carbons (Fsp3) is 0.0455. The van der Waals surface area contributed by atoms with Crippen LogP contribution in [0.2, 0.25) is 0 Å². The van der Waals surface area contributed by atoms with Crippen molar-refractivity contribution in [2.75, 3.05) is 5.32 Å². The van der Waals surface area contributed by atoms with E-state index in [1.165, 1.54) is 18.2 Å². The lowest BCUT2D eigenvalue weighted by molar-refractivity contribution is 0.0730. The van der Waals surface area contributed by atoms with E-state index in [1.807, 2.05) is 31.2 Å². The maximum absolute atomic E-state index is 13.6. The highest BCUT2D eigenvalue weighted by Gasteiger charge is 2.13.